The van der Waals surface area contributed by atoms with E-state index in [-0.39, 0.29) is 41.1 Å². The minimum absolute atomic E-state index is 0.0349. The van der Waals surface area contributed by atoms with Gasteiger partial charge in [-0.05, 0) is 52.7 Å². The van der Waals surface area contributed by atoms with Crippen LogP contribution in [0.3, 0.4) is 0 Å². The largest absolute Gasteiger partial charge is 0.450 e. The van der Waals surface area contributed by atoms with Crippen molar-refractivity contribution in [1.29, 1.82) is 0 Å². The summed E-state index contributed by atoms with van der Waals surface area (Å²) in [6.07, 6.45) is -4.00. The van der Waals surface area contributed by atoms with Gasteiger partial charge in [0.2, 0.25) is 5.60 Å². The molecule has 0 unspecified atom stereocenters. The molecule has 3 atom stereocenters. The molecule has 2 aliphatic heterocycles. The van der Waals surface area contributed by atoms with E-state index in [9.17, 15) is 41.7 Å². The molecule has 3 fully saturated rings. The number of β-lactam (4-membered cyclic amide) rings is 1. The van der Waals surface area contributed by atoms with Crippen molar-refractivity contribution in [2.75, 3.05) is 25.0 Å². The number of hydrogen-bond acceptors (Lipinski definition) is 16. The van der Waals surface area contributed by atoms with Crippen LogP contribution in [-0.2, 0) is 48.5 Å². The van der Waals surface area contributed by atoms with Crippen molar-refractivity contribution in [2.45, 2.75) is 95.5 Å². The smallest absolute Gasteiger partial charge is 0.413 e. The number of amides is 5. The van der Waals surface area contributed by atoms with Gasteiger partial charge in [-0.2, -0.15) is 8.42 Å². The number of rotatable bonds is 15. The minimum atomic E-state index is -5.21. The number of oxime groups is 1. The number of carbonyl (C=O) groups excluding carboxylic acids is 6. The number of benzene rings is 2. The van der Waals surface area contributed by atoms with Gasteiger partial charge in [-0.15, -0.1) is 11.3 Å². The third kappa shape index (κ3) is 11.8. The van der Waals surface area contributed by atoms with Crippen LogP contribution in [0.2, 0.25) is 0 Å². The molecule has 3 aliphatic rings. The van der Waals surface area contributed by atoms with Crippen molar-refractivity contribution in [2.24, 2.45) is 5.16 Å². The van der Waals surface area contributed by atoms with Crippen molar-refractivity contribution in [3.05, 3.63) is 82.9 Å². The fourth-order valence-electron chi connectivity index (χ4n) is 6.33. The Kier molecular flexibility index (Phi) is 13.3. The summed E-state index contributed by atoms with van der Waals surface area (Å²) in [5.41, 5.74) is -2.73. The van der Waals surface area contributed by atoms with Crippen molar-refractivity contribution in [3.8, 4) is 0 Å². The van der Waals surface area contributed by atoms with Gasteiger partial charge in [0.1, 0.15) is 29.0 Å². The monoisotopic (exact) mass is 913 g/mol. The van der Waals surface area contributed by atoms with Crippen LogP contribution in [0.4, 0.5) is 19.5 Å². The molecule has 0 spiro atoms. The normalized spacial score (nSPS) is 19.7. The van der Waals surface area contributed by atoms with Gasteiger partial charge >= 0.3 is 34.6 Å². The van der Waals surface area contributed by atoms with E-state index in [1.807, 2.05) is 12.1 Å². The van der Waals surface area contributed by atoms with Crippen LogP contribution in [0, 0.1) is 0 Å². The SMILES string of the molecule is CC(C)(C)OC(=O)NC[C@@H]1CN(C[C@@H]2[C@H](NC(=O)C(=NOC3(C(=O)OC(c4ccccc4)c4ccccc4)CC3)c3csc(NC(=O)OC(C)(C)C)n3)C(=O)N2S(=O)(=O)O)C(=O)O1. The summed E-state index contributed by atoms with van der Waals surface area (Å²) in [7, 11) is -5.21. The number of thiazole rings is 1. The van der Waals surface area contributed by atoms with Crippen LogP contribution in [0.5, 0.6) is 0 Å². The molecule has 1 saturated carbocycles. The number of nitrogens with one attached hydrogen (secondary N) is 3. The lowest BCUT2D eigenvalue weighted by Gasteiger charge is -2.45. The van der Waals surface area contributed by atoms with Gasteiger partial charge in [0, 0.05) is 24.8 Å². The first-order chi connectivity index (χ1) is 29.5. The predicted molar refractivity (Wildman–Crippen MR) is 223 cm³/mol. The maximum absolute atomic E-state index is 14.1. The second kappa shape index (κ2) is 18.2. The quantitative estimate of drug-likeness (QED) is 0.0420. The first-order valence-electron chi connectivity index (χ1n) is 19.6. The fraction of sp³-hybridized carbons (Fsp3) is 0.450. The van der Waals surface area contributed by atoms with Crippen molar-refractivity contribution in [1.82, 2.24) is 24.8 Å². The number of hydrogen-bond donors (Lipinski definition) is 4. The number of carbonyl (C=O) groups is 6. The van der Waals surface area contributed by atoms with E-state index in [4.69, 9.17) is 23.8 Å². The van der Waals surface area contributed by atoms with Gasteiger partial charge in [-0.1, -0.05) is 65.8 Å². The highest BCUT2D eigenvalue weighted by Gasteiger charge is 2.58. The molecule has 0 radical (unpaired) electrons. The highest BCUT2D eigenvalue weighted by molar-refractivity contribution is 7.84. The summed E-state index contributed by atoms with van der Waals surface area (Å²) >= 11 is 0.871. The highest BCUT2D eigenvalue weighted by atomic mass is 32.2. The molecular formula is C40H47N7O14S2. The Bertz CT molecular complexity index is 2320. The van der Waals surface area contributed by atoms with Gasteiger partial charge in [0.05, 0.1) is 19.1 Å². The Balaban J connectivity index is 1.23. The zero-order chi connectivity index (χ0) is 45.9. The van der Waals surface area contributed by atoms with Crippen molar-refractivity contribution < 1.29 is 65.5 Å². The number of alkyl carbamates (subject to hydrolysis) is 1. The second-order valence-electron chi connectivity index (χ2n) is 16.7. The Morgan fingerprint density at radius 3 is 2.10 bits per heavy atom. The lowest BCUT2D eigenvalue weighted by Crippen LogP contribution is -2.74. The molecule has 2 aromatic carbocycles. The van der Waals surface area contributed by atoms with E-state index in [2.05, 4.69) is 26.1 Å². The van der Waals surface area contributed by atoms with Crippen LogP contribution >= 0.6 is 11.3 Å². The average molecular weight is 914 g/mol. The first-order valence-corrected chi connectivity index (χ1v) is 21.9. The van der Waals surface area contributed by atoms with E-state index < -0.39 is 99.7 Å². The number of aromatic nitrogens is 1. The van der Waals surface area contributed by atoms with Crippen molar-refractivity contribution in [3.63, 3.8) is 0 Å². The molecule has 4 N–H and O–H groups in total. The molecule has 1 aliphatic carbocycles. The highest BCUT2D eigenvalue weighted by Crippen LogP contribution is 2.43. The third-order valence-corrected chi connectivity index (χ3v) is 11.0. The van der Waals surface area contributed by atoms with E-state index >= 15 is 0 Å². The predicted octanol–water partition coefficient (Wildman–Crippen LogP) is 3.92. The molecular weight excluding hydrogens is 867 g/mol. The van der Waals surface area contributed by atoms with E-state index in [1.165, 1.54) is 5.38 Å². The molecule has 3 aromatic rings. The first kappa shape index (κ1) is 46.2. The number of nitrogens with zero attached hydrogens (tertiary/aromatic N) is 4. The molecule has 2 saturated heterocycles. The van der Waals surface area contributed by atoms with E-state index in [0.29, 0.717) is 11.1 Å². The zero-order valence-electron chi connectivity index (χ0n) is 35.1. The van der Waals surface area contributed by atoms with E-state index in [0.717, 1.165) is 16.2 Å². The summed E-state index contributed by atoms with van der Waals surface area (Å²) in [5, 5.41) is 12.6. The molecule has 5 amide bonds. The number of esters is 1. The molecule has 21 nitrogen and oxygen atoms in total. The molecule has 3 heterocycles. The molecule has 6 rings (SSSR count). The maximum Gasteiger partial charge on any atom is 0.413 e. The van der Waals surface area contributed by atoms with E-state index in [1.54, 1.807) is 90.1 Å². The Labute approximate surface area is 366 Å². The van der Waals surface area contributed by atoms with Gasteiger partial charge in [0.15, 0.2) is 16.9 Å². The zero-order valence-corrected chi connectivity index (χ0v) is 36.7. The van der Waals surface area contributed by atoms with Crippen LogP contribution in [-0.4, -0.2) is 124 Å². The molecule has 63 heavy (non-hydrogen) atoms. The lowest BCUT2D eigenvalue weighted by atomic mass is 9.97. The molecule has 23 heteroatoms. The summed E-state index contributed by atoms with van der Waals surface area (Å²) in [5.74, 6) is -3.20. The fourth-order valence-corrected chi connectivity index (χ4v) is 7.88. The third-order valence-electron chi connectivity index (χ3n) is 9.32. The molecule has 338 valence electrons. The standard InChI is InChI=1S/C40H47N7O14S2/c1-38(2,3)59-35(51)41-19-25-20-46(37(53)57-25)21-27-29(32(49)47(27)63(54,55)56)43-31(48)28(26-22-62-34(42-26)44-36(52)60-39(4,5)6)45-61-40(17-18-40)33(50)58-30(23-13-9-7-10-14-23)24-15-11-8-12-16-24/h7-16,22,25,27,29-30H,17-21H2,1-6H3,(H,41,51)(H,43,48)(H,42,44,52)(H,54,55,56)/t25-,27-,29+/m1/s1. The summed E-state index contributed by atoms with van der Waals surface area (Å²) < 4.78 is 56.6. The topological polar surface area (TPSA) is 271 Å². The van der Waals surface area contributed by atoms with Gasteiger partial charge in [-0.3, -0.25) is 19.5 Å². The lowest BCUT2D eigenvalue weighted by molar-refractivity contribution is -0.164. The van der Waals surface area contributed by atoms with Gasteiger partial charge in [-0.25, -0.2) is 28.5 Å². The Hall–Kier alpha value is -6.33. The number of cyclic esters (lactones) is 1. The minimum Gasteiger partial charge on any atom is -0.450 e. The van der Waals surface area contributed by atoms with Crippen LogP contribution in [0.15, 0.2) is 71.2 Å². The van der Waals surface area contributed by atoms with Crippen LogP contribution in [0.1, 0.15) is 77.3 Å². The molecule has 1 aromatic heterocycles. The average Bonchev–Trinajstić information content (AvgIpc) is 3.71. The summed E-state index contributed by atoms with van der Waals surface area (Å²) in [6.45, 7) is 9.04. The van der Waals surface area contributed by atoms with Crippen LogP contribution in [0.25, 0.3) is 0 Å². The number of ether oxygens (including phenoxy) is 4. The van der Waals surface area contributed by atoms with Gasteiger partial charge < -0.3 is 39.3 Å². The Morgan fingerprint density at radius 1 is 0.952 bits per heavy atom. The number of anilines is 1. The second-order valence-corrected chi connectivity index (χ2v) is 18.9. The van der Waals surface area contributed by atoms with Gasteiger partial charge in [0.25, 0.3) is 11.8 Å². The Morgan fingerprint density at radius 2 is 1.54 bits per heavy atom. The summed E-state index contributed by atoms with van der Waals surface area (Å²) in [6, 6.07) is 14.8. The molecule has 0 bridgehead atoms. The maximum atomic E-state index is 14.1. The summed E-state index contributed by atoms with van der Waals surface area (Å²) in [4.78, 5) is 89.9. The van der Waals surface area contributed by atoms with Crippen molar-refractivity contribution >= 4 is 68.5 Å². The van der Waals surface area contributed by atoms with Crippen LogP contribution < -0.4 is 16.0 Å².